The molecule has 8 heteroatoms. The fourth-order valence-electron chi connectivity index (χ4n) is 2.03. The van der Waals surface area contributed by atoms with Gasteiger partial charge >= 0.3 is 0 Å². The van der Waals surface area contributed by atoms with Crippen molar-refractivity contribution in [1.82, 2.24) is 14.9 Å². The van der Waals surface area contributed by atoms with Crippen molar-refractivity contribution in [2.45, 2.75) is 13.8 Å². The largest absolute Gasteiger partial charge is 0.331 e. The number of amides is 2. The van der Waals surface area contributed by atoms with E-state index in [2.05, 4.69) is 31.2 Å². The highest BCUT2D eigenvalue weighted by atomic mass is 79.9. The predicted molar refractivity (Wildman–Crippen MR) is 96.2 cm³/mol. The second-order valence-corrected chi connectivity index (χ2v) is 6.61. The molecule has 0 saturated carbocycles. The number of nitrogens with one attached hydrogen (secondary N) is 1. The van der Waals surface area contributed by atoms with E-state index in [0.717, 1.165) is 10.0 Å². The number of aromatic nitrogens is 2. The Kier molecular flexibility index (Phi) is 5.90. The molecule has 2 rings (SSSR count). The minimum Gasteiger partial charge on any atom is -0.331 e. The van der Waals surface area contributed by atoms with Crippen molar-refractivity contribution < 1.29 is 9.59 Å². The summed E-state index contributed by atoms with van der Waals surface area (Å²) in [6.07, 6.45) is 1.37. The number of carbonyl (C=O) groups is 2. The maximum absolute atomic E-state index is 12.4. The zero-order valence-corrected chi connectivity index (χ0v) is 15.8. The maximum atomic E-state index is 12.4. The number of benzene rings is 1. The number of hydrogen-bond donors (Lipinski definition) is 1. The summed E-state index contributed by atoms with van der Waals surface area (Å²) >= 11 is 9.33. The van der Waals surface area contributed by atoms with Crippen LogP contribution in [-0.2, 0) is 4.79 Å². The van der Waals surface area contributed by atoms with Gasteiger partial charge in [0.15, 0.2) is 5.69 Å². The Balaban J connectivity index is 2.05. The second kappa shape index (κ2) is 7.72. The summed E-state index contributed by atoms with van der Waals surface area (Å²) in [7, 11) is 1.52. The average molecular weight is 412 g/mol. The number of anilines is 1. The van der Waals surface area contributed by atoms with Crippen LogP contribution in [0.5, 0.6) is 0 Å². The van der Waals surface area contributed by atoms with Gasteiger partial charge in [0.05, 0.1) is 17.8 Å². The maximum Gasteiger partial charge on any atom is 0.274 e. The summed E-state index contributed by atoms with van der Waals surface area (Å²) < 4.78 is 0.930. The van der Waals surface area contributed by atoms with Gasteiger partial charge in [-0.15, -0.1) is 0 Å². The van der Waals surface area contributed by atoms with Gasteiger partial charge in [-0.25, -0.2) is 9.97 Å². The van der Waals surface area contributed by atoms with Crippen molar-refractivity contribution in [1.29, 1.82) is 0 Å². The Bertz CT molecular complexity index is 798. The first-order valence-corrected chi connectivity index (χ1v) is 8.25. The van der Waals surface area contributed by atoms with E-state index in [4.69, 9.17) is 11.6 Å². The van der Waals surface area contributed by atoms with E-state index < -0.39 is 5.91 Å². The molecule has 1 aromatic heterocycles. The molecule has 0 aliphatic rings. The van der Waals surface area contributed by atoms with Gasteiger partial charge in [-0.05, 0) is 37.6 Å². The van der Waals surface area contributed by atoms with Gasteiger partial charge in [0.25, 0.3) is 5.91 Å². The average Bonchev–Trinajstić information content (AvgIpc) is 2.51. The number of halogens is 2. The van der Waals surface area contributed by atoms with Crippen LogP contribution >= 0.6 is 27.5 Å². The molecule has 0 bridgehead atoms. The van der Waals surface area contributed by atoms with Crippen LogP contribution in [0, 0.1) is 13.8 Å². The van der Waals surface area contributed by atoms with Crippen molar-refractivity contribution in [3.05, 3.63) is 51.0 Å². The Hall–Kier alpha value is -1.99. The number of carbonyl (C=O) groups excluding carboxylic acids is 2. The molecule has 0 atom stereocenters. The fraction of sp³-hybridized carbons (Fsp3) is 0.250. The predicted octanol–water partition coefficient (Wildman–Crippen LogP) is 3.22. The molecule has 0 unspecified atom stereocenters. The summed E-state index contributed by atoms with van der Waals surface area (Å²) in [5.41, 5.74) is 1.69. The highest BCUT2D eigenvalue weighted by Gasteiger charge is 2.20. The summed E-state index contributed by atoms with van der Waals surface area (Å²) in [6, 6.07) is 5.53. The Labute approximate surface area is 153 Å². The van der Waals surface area contributed by atoms with Crippen LogP contribution in [0.15, 0.2) is 28.9 Å². The molecule has 126 valence electrons. The molecular weight excluding hydrogens is 396 g/mol. The van der Waals surface area contributed by atoms with Crippen LogP contribution in [-0.4, -0.2) is 40.3 Å². The van der Waals surface area contributed by atoms with Crippen LogP contribution in [0.4, 0.5) is 5.69 Å². The van der Waals surface area contributed by atoms with Crippen LogP contribution in [0.25, 0.3) is 0 Å². The molecule has 0 saturated heterocycles. The molecule has 0 aliphatic heterocycles. The lowest BCUT2D eigenvalue weighted by Gasteiger charge is -2.17. The summed E-state index contributed by atoms with van der Waals surface area (Å²) in [5, 5.41) is 2.94. The van der Waals surface area contributed by atoms with Crippen LogP contribution in [0.2, 0.25) is 5.02 Å². The summed E-state index contributed by atoms with van der Waals surface area (Å²) in [6.45, 7) is 3.43. The van der Waals surface area contributed by atoms with E-state index in [1.807, 2.05) is 19.1 Å². The van der Waals surface area contributed by atoms with Crippen molar-refractivity contribution in [3.8, 4) is 0 Å². The lowest BCUT2D eigenvalue weighted by molar-refractivity contribution is -0.116. The Morgan fingerprint density at radius 2 is 2.04 bits per heavy atom. The van der Waals surface area contributed by atoms with E-state index in [1.54, 1.807) is 13.0 Å². The molecule has 0 fully saturated rings. The summed E-state index contributed by atoms with van der Waals surface area (Å²) in [4.78, 5) is 33.8. The number of nitrogens with zero attached hydrogens (tertiary/aromatic N) is 3. The van der Waals surface area contributed by atoms with Gasteiger partial charge in [0, 0.05) is 17.2 Å². The minimum absolute atomic E-state index is 0.0827. The SMILES string of the molecule is Cc1ncc(Cl)c(C(=O)N(C)CC(=O)Nc2ccc(Br)cc2C)n1. The first-order valence-electron chi connectivity index (χ1n) is 7.08. The molecule has 0 aliphatic carbocycles. The lowest BCUT2D eigenvalue weighted by atomic mass is 10.2. The number of likely N-dealkylation sites (N-methyl/N-ethyl adjacent to an activating group) is 1. The first kappa shape index (κ1) is 18.4. The zero-order chi connectivity index (χ0) is 17.9. The highest BCUT2D eigenvalue weighted by Crippen LogP contribution is 2.20. The van der Waals surface area contributed by atoms with Crippen molar-refractivity contribution >= 4 is 45.0 Å². The number of rotatable bonds is 4. The number of hydrogen-bond acceptors (Lipinski definition) is 4. The topological polar surface area (TPSA) is 75.2 Å². The Morgan fingerprint density at radius 1 is 1.33 bits per heavy atom. The second-order valence-electron chi connectivity index (χ2n) is 5.28. The lowest BCUT2D eigenvalue weighted by Crippen LogP contribution is -2.35. The van der Waals surface area contributed by atoms with E-state index >= 15 is 0 Å². The first-order chi connectivity index (χ1) is 11.3. The highest BCUT2D eigenvalue weighted by molar-refractivity contribution is 9.10. The zero-order valence-electron chi connectivity index (χ0n) is 13.4. The van der Waals surface area contributed by atoms with E-state index in [9.17, 15) is 9.59 Å². The Morgan fingerprint density at radius 3 is 2.71 bits per heavy atom. The smallest absolute Gasteiger partial charge is 0.274 e. The van der Waals surface area contributed by atoms with Gasteiger partial charge < -0.3 is 10.2 Å². The van der Waals surface area contributed by atoms with Gasteiger partial charge in [-0.2, -0.15) is 0 Å². The minimum atomic E-state index is -0.437. The molecular formula is C16H16BrClN4O2. The van der Waals surface area contributed by atoms with Crippen LogP contribution in [0.1, 0.15) is 21.9 Å². The van der Waals surface area contributed by atoms with Crippen LogP contribution < -0.4 is 5.32 Å². The number of aryl methyl sites for hydroxylation is 2. The standard InChI is InChI=1S/C16H16BrClN4O2/c1-9-6-11(17)4-5-13(9)21-14(23)8-22(3)16(24)15-12(18)7-19-10(2)20-15/h4-7H,8H2,1-3H3,(H,21,23). The van der Waals surface area contributed by atoms with Crippen molar-refractivity contribution in [3.63, 3.8) is 0 Å². The van der Waals surface area contributed by atoms with E-state index in [-0.39, 0.29) is 23.2 Å². The van der Waals surface area contributed by atoms with E-state index in [1.165, 1.54) is 18.1 Å². The van der Waals surface area contributed by atoms with Gasteiger partial charge in [-0.3, -0.25) is 9.59 Å². The summed E-state index contributed by atoms with van der Waals surface area (Å²) in [5.74, 6) is -0.308. The van der Waals surface area contributed by atoms with Gasteiger partial charge in [0.1, 0.15) is 5.82 Å². The van der Waals surface area contributed by atoms with Crippen LogP contribution in [0.3, 0.4) is 0 Å². The van der Waals surface area contributed by atoms with Gasteiger partial charge in [0.2, 0.25) is 5.91 Å². The molecule has 1 N–H and O–H groups in total. The molecule has 2 aromatic rings. The molecule has 1 heterocycles. The third-order valence-electron chi connectivity index (χ3n) is 3.26. The normalized spacial score (nSPS) is 10.4. The third kappa shape index (κ3) is 4.52. The fourth-order valence-corrected chi connectivity index (χ4v) is 2.68. The van der Waals surface area contributed by atoms with E-state index in [0.29, 0.717) is 11.5 Å². The quantitative estimate of drug-likeness (QED) is 0.838. The monoisotopic (exact) mass is 410 g/mol. The van der Waals surface area contributed by atoms with Gasteiger partial charge in [-0.1, -0.05) is 27.5 Å². The molecule has 0 radical (unpaired) electrons. The third-order valence-corrected chi connectivity index (χ3v) is 4.03. The molecule has 6 nitrogen and oxygen atoms in total. The van der Waals surface area contributed by atoms with Crippen molar-refractivity contribution in [2.24, 2.45) is 0 Å². The molecule has 24 heavy (non-hydrogen) atoms. The molecule has 2 amide bonds. The molecule has 0 spiro atoms. The molecule has 1 aromatic carbocycles. The van der Waals surface area contributed by atoms with Crippen molar-refractivity contribution in [2.75, 3.05) is 18.9 Å².